The van der Waals surface area contributed by atoms with Crippen molar-refractivity contribution in [3.8, 4) is 5.75 Å². The van der Waals surface area contributed by atoms with Crippen molar-refractivity contribution in [2.45, 2.75) is 51.2 Å². The Bertz CT molecular complexity index is 531. The normalized spacial score (nSPS) is 16.2. The first-order chi connectivity index (χ1) is 9.71. The molecule has 0 saturated heterocycles. The van der Waals surface area contributed by atoms with Gasteiger partial charge in [0.2, 0.25) is 0 Å². The number of nitrogens with one attached hydrogen (secondary N) is 1. The molecule has 0 aliphatic heterocycles. The SMILES string of the molecule is COc1ccc(CC2(N)CC2)cc1NC(=O)OC(C)(C)C. The standard InChI is InChI=1S/C16H24N2O3/c1-15(2,3)21-14(19)18-12-9-11(5-6-13(12)20-4)10-16(17)7-8-16/h5-6,9H,7-8,10,17H2,1-4H3,(H,18,19). The molecule has 1 aromatic carbocycles. The second-order valence-corrected chi connectivity index (χ2v) is 6.70. The van der Waals surface area contributed by atoms with Crippen LogP contribution in [0.4, 0.5) is 10.5 Å². The van der Waals surface area contributed by atoms with Gasteiger partial charge in [-0.15, -0.1) is 0 Å². The Morgan fingerprint density at radius 1 is 1.38 bits per heavy atom. The minimum Gasteiger partial charge on any atom is -0.495 e. The van der Waals surface area contributed by atoms with Crippen LogP contribution in [-0.4, -0.2) is 24.3 Å². The fourth-order valence-electron chi connectivity index (χ4n) is 2.12. The van der Waals surface area contributed by atoms with E-state index in [1.807, 2.05) is 39.0 Å². The molecule has 1 fully saturated rings. The van der Waals surface area contributed by atoms with Gasteiger partial charge in [0.15, 0.2) is 0 Å². The number of ether oxygens (including phenoxy) is 2. The predicted octanol–water partition coefficient (Wildman–Crippen LogP) is 3.08. The number of hydrogen-bond donors (Lipinski definition) is 2. The summed E-state index contributed by atoms with van der Waals surface area (Å²) in [5.41, 5.74) is 7.22. The van der Waals surface area contributed by atoms with E-state index in [1.165, 1.54) is 0 Å². The first kappa shape index (κ1) is 15.6. The molecule has 0 radical (unpaired) electrons. The van der Waals surface area contributed by atoms with Gasteiger partial charge < -0.3 is 15.2 Å². The van der Waals surface area contributed by atoms with E-state index in [0.717, 1.165) is 24.8 Å². The molecule has 0 aromatic heterocycles. The maximum atomic E-state index is 11.9. The van der Waals surface area contributed by atoms with Gasteiger partial charge in [-0.2, -0.15) is 0 Å². The van der Waals surface area contributed by atoms with Crippen LogP contribution in [-0.2, 0) is 11.2 Å². The van der Waals surface area contributed by atoms with Crippen molar-refractivity contribution < 1.29 is 14.3 Å². The molecule has 1 aliphatic carbocycles. The van der Waals surface area contributed by atoms with Gasteiger partial charge >= 0.3 is 6.09 Å². The predicted molar refractivity (Wildman–Crippen MR) is 82.7 cm³/mol. The van der Waals surface area contributed by atoms with Gasteiger partial charge in [-0.1, -0.05) is 6.07 Å². The molecule has 1 saturated carbocycles. The maximum Gasteiger partial charge on any atom is 0.412 e. The summed E-state index contributed by atoms with van der Waals surface area (Å²) in [4.78, 5) is 11.9. The molecular weight excluding hydrogens is 268 g/mol. The Morgan fingerprint density at radius 3 is 2.57 bits per heavy atom. The zero-order chi connectivity index (χ0) is 15.7. The third-order valence-electron chi connectivity index (χ3n) is 3.35. The van der Waals surface area contributed by atoms with Crippen molar-refractivity contribution >= 4 is 11.8 Å². The number of benzene rings is 1. The van der Waals surface area contributed by atoms with Gasteiger partial charge in [-0.25, -0.2) is 4.79 Å². The molecule has 0 atom stereocenters. The number of anilines is 1. The van der Waals surface area contributed by atoms with E-state index in [-0.39, 0.29) is 5.54 Å². The number of nitrogens with two attached hydrogens (primary N) is 1. The average Bonchev–Trinajstić information content (AvgIpc) is 3.04. The van der Waals surface area contributed by atoms with E-state index in [4.69, 9.17) is 15.2 Å². The van der Waals surface area contributed by atoms with Gasteiger partial charge in [-0.3, -0.25) is 5.32 Å². The molecule has 2 rings (SSSR count). The summed E-state index contributed by atoms with van der Waals surface area (Å²) in [6.45, 7) is 5.47. The van der Waals surface area contributed by atoms with Gasteiger partial charge in [0.05, 0.1) is 12.8 Å². The summed E-state index contributed by atoms with van der Waals surface area (Å²) in [5.74, 6) is 0.603. The van der Waals surface area contributed by atoms with Crippen molar-refractivity contribution in [2.75, 3.05) is 12.4 Å². The summed E-state index contributed by atoms with van der Waals surface area (Å²) >= 11 is 0. The third kappa shape index (κ3) is 4.63. The van der Waals surface area contributed by atoms with Crippen molar-refractivity contribution in [2.24, 2.45) is 5.73 Å². The van der Waals surface area contributed by atoms with E-state index in [9.17, 15) is 4.79 Å². The number of carbonyl (C=O) groups excluding carboxylic acids is 1. The Labute approximate surface area is 125 Å². The van der Waals surface area contributed by atoms with E-state index >= 15 is 0 Å². The molecular formula is C16H24N2O3. The monoisotopic (exact) mass is 292 g/mol. The van der Waals surface area contributed by atoms with Crippen LogP contribution >= 0.6 is 0 Å². The fraction of sp³-hybridized carbons (Fsp3) is 0.562. The highest BCUT2D eigenvalue weighted by molar-refractivity contribution is 5.87. The van der Waals surface area contributed by atoms with Crippen LogP contribution in [0.5, 0.6) is 5.75 Å². The topological polar surface area (TPSA) is 73.6 Å². The number of carbonyl (C=O) groups is 1. The van der Waals surface area contributed by atoms with Crippen molar-refractivity contribution in [1.82, 2.24) is 0 Å². The van der Waals surface area contributed by atoms with Crippen LogP contribution in [0.2, 0.25) is 0 Å². The molecule has 1 aliphatic rings. The second-order valence-electron chi connectivity index (χ2n) is 6.70. The summed E-state index contributed by atoms with van der Waals surface area (Å²) in [6.07, 6.45) is 2.41. The van der Waals surface area contributed by atoms with Crippen LogP contribution in [0, 0.1) is 0 Å². The van der Waals surface area contributed by atoms with Gasteiger partial charge in [0.1, 0.15) is 11.4 Å². The molecule has 0 spiro atoms. The molecule has 0 heterocycles. The van der Waals surface area contributed by atoms with E-state index in [1.54, 1.807) is 7.11 Å². The maximum absolute atomic E-state index is 11.9. The van der Waals surface area contributed by atoms with Crippen molar-refractivity contribution in [3.63, 3.8) is 0 Å². The smallest absolute Gasteiger partial charge is 0.412 e. The lowest BCUT2D eigenvalue weighted by atomic mass is 10.0. The van der Waals surface area contributed by atoms with E-state index < -0.39 is 11.7 Å². The molecule has 5 heteroatoms. The number of rotatable bonds is 4. The highest BCUT2D eigenvalue weighted by Gasteiger charge is 2.38. The number of hydrogen-bond acceptors (Lipinski definition) is 4. The Kier molecular flexibility index (Phi) is 4.14. The lowest BCUT2D eigenvalue weighted by Crippen LogP contribution is -2.27. The average molecular weight is 292 g/mol. The van der Waals surface area contributed by atoms with E-state index in [0.29, 0.717) is 11.4 Å². The number of amides is 1. The lowest BCUT2D eigenvalue weighted by Gasteiger charge is -2.20. The minimum atomic E-state index is -0.537. The summed E-state index contributed by atoms with van der Waals surface area (Å²) in [5, 5.41) is 2.74. The quantitative estimate of drug-likeness (QED) is 0.894. The summed E-state index contributed by atoms with van der Waals surface area (Å²) in [7, 11) is 1.57. The molecule has 116 valence electrons. The summed E-state index contributed by atoms with van der Waals surface area (Å²) in [6, 6.07) is 5.72. The van der Waals surface area contributed by atoms with E-state index in [2.05, 4.69) is 5.32 Å². The Hall–Kier alpha value is -1.75. The van der Waals surface area contributed by atoms with Crippen LogP contribution in [0.1, 0.15) is 39.2 Å². The molecule has 1 aromatic rings. The molecule has 3 N–H and O–H groups in total. The lowest BCUT2D eigenvalue weighted by molar-refractivity contribution is 0.0635. The van der Waals surface area contributed by atoms with Crippen LogP contribution < -0.4 is 15.8 Å². The van der Waals surface area contributed by atoms with Gasteiger partial charge in [0.25, 0.3) is 0 Å². The Morgan fingerprint density at radius 2 is 2.05 bits per heavy atom. The summed E-state index contributed by atoms with van der Waals surface area (Å²) < 4.78 is 10.5. The van der Waals surface area contributed by atoms with Crippen LogP contribution in [0.3, 0.4) is 0 Å². The van der Waals surface area contributed by atoms with Crippen LogP contribution in [0.15, 0.2) is 18.2 Å². The van der Waals surface area contributed by atoms with Crippen LogP contribution in [0.25, 0.3) is 0 Å². The number of methoxy groups -OCH3 is 1. The third-order valence-corrected chi connectivity index (χ3v) is 3.35. The zero-order valence-electron chi connectivity index (χ0n) is 13.2. The molecule has 5 nitrogen and oxygen atoms in total. The minimum absolute atomic E-state index is 0.0716. The van der Waals surface area contributed by atoms with Crippen molar-refractivity contribution in [3.05, 3.63) is 23.8 Å². The van der Waals surface area contributed by atoms with Gasteiger partial charge in [0, 0.05) is 5.54 Å². The first-order valence-corrected chi connectivity index (χ1v) is 7.17. The highest BCUT2D eigenvalue weighted by Crippen LogP contribution is 2.37. The zero-order valence-corrected chi connectivity index (χ0v) is 13.2. The molecule has 0 unspecified atom stereocenters. The van der Waals surface area contributed by atoms with Gasteiger partial charge in [-0.05, 0) is 57.7 Å². The fourth-order valence-corrected chi connectivity index (χ4v) is 2.12. The Balaban J connectivity index is 2.12. The largest absolute Gasteiger partial charge is 0.495 e. The molecule has 1 amide bonds. The first-order valence-electron chi connectivity index (χ1n) is 7.17. The van der Waals surface area contributed by atoms with Crippen molar-refractivity contribution in [1.29, 1.82) is 0 Å². The molecule has 21 heavy (non-hydrogen) atoms. The second kappa shape index (κ2) is 5.56. The highest BCUT2D eigenvalue weighted by atomic mass is 16.6. The molecule has 0 bridgehead atoms.